The van der Waals surface area contributed by atoms with E-state index in [1.54, 1.807) is 19.5 Å². The zero-order valence-electron chi connectivity index (χ0n) is 13.0. The van der Waals surface area contributed by atoms with Crippen molar-refractivity contribution in [1.29, 1.82) is 0 Å². The van der Waals surface area contributed by atoms with E-state index in [-0.39, 0.29) is 5.91 Å². The molecule has 0 aliphatic heterocycles. The summed E-state index contributed by atoms with van der Waals surface area (Å²) in [6.07, 6.45) is 4.11. The molecule has 2 aromatic rings. The molecule has 22 heavy (non-hydrogen) atoms. The van der Waals surface area contributed by atoms with Crippen molar-refractivity contribution in [3.63, 3.8) is 0 Å². The lowest BCUT2D eigenvalue weighted by Crippen LogP contribution is -2.25. The fourth-order valence-electron chi connectivity index (χ4n) is 2.06. The third kappa shape index (κ3) is 4.30. The molecule has 0 aliphatic carbocycles. The minimum Gasteiger partial charge on any atom is -0.385 e. The molecule has 0 bridgehead atoms. The summed E-state index contributed by atoms with van der Waals surface area (Å²) in [5, 5.41) is 2.86. The van der Waals surface area contributed by atoms with Crippen LogP contribution in [0.15, 0.2) is 48.8 Å². The van der Waals surface area contributed by atoms with Crippen LogP contribution in [0.25, 0.3) is 0 Å². The van der Waals surface area contributed by atoms with Crippen LogP contribution in [-0.2, 0) is 4.74 Å². The van der Waals surface area contributed by atoms with Crippen molar-refractivity contribution in [1.82, 2.24) is 10.3 Å². The average molecular weight is 299 g/mol. The number of ether oxygens (including phenoxy) is 1. The number of nitrogens with one attached hydrogen (secondary N) is 1. The molecule has 0 aliphatic rings. The van der Waals surface area contributed by atoms with E-state index in [1.807, 2.05) is 48.3 Å². The molecule has 0 saturated carbocycles. The van der Waals surface area contributed by atoms with Crippen LogP contribution in [0.5, 0.6) is 0 Å². The predicted molar refractivity (Wildman–Crippen MR) is 87.6 cm³/mol. The van der Waals surface area contributed by atoms with Gasteiger partial charge in [-0.3, -0.25) is 9.78 Å². The number of hydrogen-bond donors (Lipinski definition) is 1. The average Bonchev–Trinajstić information content (AvgIpc) is 2.59. The standard InChI is InChI=1S/C17H21N3O2/c1-20(15-7-4-3-5-8-15)16-11-14(12-18-13-16)17(21)19-9-6-10-22-2/h3-5,7-8,11-13H,6,9-10H2,1-2H3,(H,19,21). The Morgan fingerprint density at radius 3 is 2.73 bits per heavy atom. The number of hydrogen-bond acceptors (Lipinski definition) is 4. The van der Waals surface area contributed by atoms with Gasteiger partial charge in [-0.2, -0.15) is 0 Å². The second kappa shape index (κ2) is 8.14. The van der Waals surface area contributed by atoms with Crippen LogP contribution < -0.4 is 10.2 Å². The lowest BCUT2D eigenvalue weighted by molar-refractivity contribution is 0.0948. The maximum Gasteiger partial charge on any atom is 0.252 e. The van der Waals surface area contributed by atoms with Gasteiger partial charge in [-0.25, -0.2) is 0 Å². The molecule has 0 saturated heterocycles. The van der Waals surface area contributed by atoms with Gasteiger partial charge in [0.05, 0.1) is 17.4 Å². The highest BCUT2D eigenvalue weighted by atomic mass is 16.5. The zero-order valence-corrected chi connectivity index (χ0v) is 13.0. The maximum atomic E-state index is 12.1. The number of carbonyl (C=O) groups excluding carboxylic acids is 1. The lowest BCUT2D eigenvalue weighted by atomic mass is 10.2. The Kier molecular flexibility index (Phi) is 5.91. The van der Waals surface area contributed by atoms with Gasteiger partial charge in [-0.15, -0.1) is 0 Å². The Hall–Kier alpha value is -2.40. The second-order valence-electron chi connectivity index (χ2n) is 4.93. The van der Waals surface area contributed by atoms with E-state index in [0.29, 0.717) is 18.7 Å². The zero-order chi connectivity index (χ0) is 15.8. The molecule has 5 heteroatoms. The summed E-state index contributed by atoms with van der Waals surface area (Å²) in [6.45, 7) is 1.22. The van der Waals surface area contributed by atoms with Gasteiger partial charge in [0.15, 0.2) is 0 Å². The normalized spacial score (nSPS) is 10.3. The van der Waals surface area contributed by atoms with Crippen molar-refractivity contribution in [3.8, 4) is 0 Å². The largest absolute Gasteiger partial charge is 0.385 e. The fraction of sp³-hybridized carbons (Fsp3) is 0.294. The number of aromatic nitrogens is 1. The Bertz CT molecular complexity index is 602. The molecule has 5 nitrogen and oxygen atoms in total. The summed E-state index contributed by atoms with van der Waals surface area (Å²) in [5.41, 5.74) is 2.47. The number of methoxy groups -OCH3 is 1. The molecule has 0 spiro atoms. The van der Waals surface area contributed by atoms with Crippen molar-refractivity contribution in [3.05, 3.63) is 54.4 Å². The van der Waals surface area contributed by atoms with Crippen molar-refractivity contribution in [2.24, 2.45) is 0 Å². The van der Waals surface area contributed by atoms with E-state index in [9.17, 15) is 4.79 Å². The van der Waals surface area contributed by atoms with Crippen LogP contribution in [-0.4, -0.2) is 38.2 Å². The van der Waals surface area contributed by atoms with Crippen LogP contribution in [0.3, 0.4) is 0 Å². The first-order valence-electron chi connectivity index (χ1n) is 7.23. The maximum absolute atomic E-state index is 12.1. The van der Waals surface area contributed by atoms with Crippen molar-refractivity contribution < 1.29 is 9.53 Å². The molecule has 1 N–H and O–H groups in total. The second-order valence-corrected chi connectivity index (χ2v) is 4.93. The molecule has 1 aromatic carbocycles. The molecular formula is C17H21N3O2. The molecule has 0 unspecified atom stereocenters. The SMILES string of the molecule is COCCCNC(=O)c1cncc(N(C)c2ccccc2)c1. The van der Waals surface area contributed by atoms with Gasteiger partial charge in [0, 0.05) is 39.2 Å². The highest BCUT2D eigenvalue weighted by Crippen LogP contribution is 2.22. The Labute approximate surface area is 130 Å². The topological polar surface area (TPSA) is 54.5 Å². The minimum atomic E-state index is -0.119. The molecule has 1 amide bonds. The predicted octanol–water partition coefficient (Wildman–Crippen LogP) is 2.62. The van der Waals surface area contributed by atoms with Crippen LogP contribution in [0, 0.1) is 0 Å². The van der Waals surface area contributed by atoms with Gasteiger partial charge in [0.2, 0.25) is 0 Å². The summed E-state index contributed by atoms with van der Waals surface area (Å²) in [5.74, 6) is -0.119. The van der Waals surface area contributed by atoms with Gasteiger partial charge in [-0.05, 0) is 24.6 Å². The summed E-state index contributed by atoms with van der Waals surface area (Å²) >= 11 is 0. The number of pyridine rings is 1. The van der Waals surface area contributed by atoms with Gasteiger partial charge < -0.3 is 15.0 Å². The molecule has 0 radical (unpaired) electrons. The summed E-state index contributed by atoms with van der Waals surface area (Å²) in [6, 6.07) is 11.8. The number of anilines is 2. The number of rotatable bonds is 7. The molecule has 1 heterocycles. The third-order valence-corrected chi connectivity index (χ3v) is 3.33. The van der Waals surface area contributed by atoms with E-state index < -0.39 is 0 Å². The minimum absolute atomic E-state index is 0.119. The van der Waals surface area contributed by atoms with Crippen LogP contribution in [0.2, 0.25) is 0 Å². The van der Waals surface area contributed by atoms with Crippen LogP contribution in [0.4, 0.5) is 11.4 Å². The van der Waals surface area contributed by atoms with Crippen LogP contribution >= 0.6 is 0 Å². The first kappa shape index (κ1) is 16.0. The number of carbonyl (C=O) groups is 1. The van der Waals surface area contributed by atoms with Gasteiger partial charge in [0.25, 0.3) is 5.91 Å². The number of nitrogens with zero attached hydrogens (tertiary/aromatic N) is 2. The lowest BCUT2D eigenvalue weighted by Gasteiger charge is -2.19. The number of benzene rings is 1. The molecule has 0 fully saturated rings. The van der Waals surface area contributed by atoms with E-state index in [0.717, 1.165) is 17.8 Å². The Morgan fingerprint density at radius 2 is 2.00 bits per heavy atom. The van der Waals surface area contributed by atoms with Gasteiger partial charge in [0.1, 0.15) is 0 Å². The van der Waals surface area contributed by atoms with Gasteiger partial charge in [-0.1, -0.05) is 18.2 Å². The van der Waals surface area contributed by atoms with Gasteiger partial charge >= 0.3 is 0 Å². The Morgan fingerprint density at radius 1 is 1.23 bits per heavy atom. The van der Waals surface area contributed by atoms with E-state index >= 15 is 0 Å². The number of amides is 1. The summed E-state index contributed by atoms with van der Waals surface area (Å²) in [7, 11) is 3.60. The van der Waals surface area contributed by atoms with E-state index in [1.165, 1.54) is 0 Å². The summed E-state index contributed by atoms with van der Waals surface area (Å²) < 4.78 is 4.96. The molecule has 1 aromatic heterocycles. The van der Waals surface area contributed by atoms with Crippen molar-refractivity contribution >= 4 is 17.3 Å². The highest BCUT2D eigenvalue weighted by molar-refractivity contribution is 5.94. The molecule has 2 rings (SSSR count). The third-order valence-electron chi connectivity index (χ3n) is 3.33. The quantitative estimate of drug-likeness (QED) is 0.799. The Balaban J connectivity index is 2.05. The van der Waals surface area contributed by atoms with E-state index in [2.05, 4.69) is 10.3 Å². The monoisotopic (exact) mass is 299 g/mol. The highest BCUT2D eigenvalue weighted by Gasteiger charge is 2.09. The van der Waals surface area contributed by atoms with E-state index in [4.69, 9.17) is 4.74 Å². The molecule has 116 valence electrons. The first-order valence-corrected chi connectivity index (χ1v) is 7.23. The van der Waals surface area contributed by atoms with Crippen molar-refractivity contribution in [2.45, 2.75) is 6.42 Å². The smallest absolute Gasteiger partial charge is 0.252 e. The first-order chi connectivity index (χ1) is 10.7. The summed E-state index contributed by atoms with van der Waals surface area (Å²) in [4.78, 5) is 18.3. The molecule has 0 atom stereocenters. The van der Waals surface area contributed by atoms with Crippen molar-refractivity contribution in [2.75, 3.05) is 32.2 Å². The molecular weight excluding hydrogens is 278 g/mol. The fourth-order valence-corrected chi connectivity index (χ4v) is 2.06. The van der Waals surface area contributed by atoms with Crippen LogP contribution in [0.1, 0.15) is 16.8 Å². The number of para-hydroxylation sites is 1.